The summed E-state index contributed by atoms with van der Waals surface area (Å²) >= 11 is 0. The Kier molecular flexibility index (Phi) is 5.75. The molecular weight excluding hydrogens is 443 g/mol. The van der Waals surface area contributed by atoms with Crippen molar-refractivity contribution in [2.75, 3.05) is 26.2 Å². The number of aliphatic hydroxyl groups is 1. The molecule has 6 rings (SSSR count). The van der Waals surface area contributed by atoms with Gasteiger partial charge in [-0.25, -0.2) is 14.4 Å². The van der Waals surface area contributed by atoms with Crippen molar-refractivity contribution in [1.29, 1.82) is 0 Å². The number of nitrogens with zero attached hydrogens (tertiary/aromatic N) is 6. The van der Waals surface area contributed by atoms with Crippen LogP contribution in [-0.2, 0) is 5.66 Å². The molecule has 3 unspecified atom stereocenters. The molecule has 0 radical (unpaired) electrons. The van der Waals surface area contributed by atoms with E-state index in [2.05, 4.69) is 20.9 Å². The Balaban J connectivity index is 1.45. The summed E-state index contributed by atoms with van der Waals surface area (Å²) in [7, 11) is 0. The van der Waals surface area contributed by atoms with Gasteiger partial charge in [-0.2, -0.15) is 5.10 Å². The molecule has 2 saturated heterocycles. The number of hydrogen-bond donors (Lipinski definition) is 1. The lowest BCUT2D eigenvalue weighted by Crippen LogP contribution is -2.55. The van der Waals surface area contributed by atoms with Gasteiger partial charge in [0.1, 0.15) is 17.7 Å². The lowest BCUT2D eigenvalue weighted by atomic mass is 9.84. The van der Waals surface area contributed by atoms with Crippen molar-refractivity contribution in [2.24, 2.45) is 10.1 Å². The normalized spacial score (nSPS) is 29.6. The molecule has 0 spiro atoms. The first-order valence-corrected chi connectivity index (χ1v) is 12.5. The van der Waals surface area contributed by atoms with Gasteiger partial charge >= 0.3 is 0 Å². The van der Waals surface area contributed by atoms with Gasteiger partial charge in [0, 0.05) is 50.8 Å². The number of aliphatic hydroxyl groups excluding tert-OH is 1. The molecular formula is C27H31FN6O. The molecule has 1 aromatic heterocycles. The Morgan fingerprint density at radius 2 is 1.86 bits per heavy atom. The first-order valence-electron chi connectivity index (χ1n) is 12.5. The molecule has 182 valence electrons. The van der Waals surface area contributed by atoms with E-state index in [1.54, 1.807) is 30.7 Å². The molecule has 5 heterocycles. The minimum Gasteiger partial charge on any atom is -0.392 e. The predicted molar refractivity (Wildman–Crippen MR) is 133 cm³/mol. The number of piperidine rings is 1. The zero-order valence-corrected chi connectivity index (χ0v) is 20.0. The maximum absolute atomic E-state index is 14.9. The summed E-state index contributed by atoms with van der Waals surface area (Å²) in [5.41, 5.74) is 1.93. The van der Waals surface area contributed by atoms with Gasteiger partial charge in [-0.15, -0.1) is 0 Å². The Labute approximate surface area is 205 Å². The zero-order chi connectivity index (χ0) is 24.0. The third-order valence-corrected chi connectivity index (χ3v) is 7.81. The lowest BCUT2D eigenvalue weighted by Gasteiger charge is -2.48. The number of allylic oxidation sites excluding steroid dienone is 1. The van der Waals surface area contributed by atoms with Gasteiger partial charge in [-0.3, -0.25) is 14.8 Å². The maximum atomic E-state index is 14.9. The van der Waals surface area contributed by atoms with Crippen LogP contribution < -0.4 is 0 Å². The van der Waals surface area contributed by atoms with Crippen LogP contribution in [0, 0.1) is 12.7 Å². The fourth-order valence-corrected chi connectivity index (χ4v) is 6.26. The maximum Gasteiger partial charge on any atom is 0.168 e. The van der Waals surface area contributed by atoms with E-state index in [0.29, 0.717) is 6.04 Å². The largest absolute Gasteiger partial charge is 0.392 e. The summed E-state index contributed by atoms with van der Waals surface area (Å²) in [6.45, 7) is 5.29. The topological polar surface area (TPSA) is 67.6 Å². The van der Waals surface area contributed by atoms with E-state index in [0.717, 1.165) is 68.0 Å². The number of β-amino-alcohol motifs (C(OH)–C–C–N with tert-alkyl or cyclic N) is 1. The quantitative estimate of drug-likeness (QED) is 0.737. The van der Waals surface area contributed by atoms with Gasteiger partial charge in [-0.05, 0) is 79.3 Å². The predicted octanol–water partition coefficient (Wildman–Crippen LogP) is 3.22. The number of hydrogen-bond acceptors (Lipinski definition) is 7. The molecule has 3 atom stereocenters. The highest BCUT2D eigenvalue weighted by Gasteiger charge is 2.55. The highest BCUT2D eigenvalue weighted by atomic mass is 19.1. The van der Waals surface area contributed by atoms with E-state index in [4.69, 9.17) is 10.1 Å². The number of aromatic nitrogens is 1. The molecule has 0 bridgehead atoms. The zero-order valence-electron chi connectivity index (χ0n) is 20.0. The Morgan fingerprint density at radius 3 is 2.57 bits per heavy atom. The van der Waals surface area contributed by atoms with Crippen LogP contribution >= 0.6 is 0 Å². The van der Waals surface area contributed by atoms with Crippen molar-refractivity contribution in [3.8, 4) is 0 Å². The van der Waals surface area contributed by atoms with Gasteiger partial charge in [0.05, 0.1) is 6.10 Å². The Bertz CT molecular complexity index is 1160. The first-order chi connectivity index (χ1) is 17.0. The average Bonchev–Trinajstić information content (AvgIpc) is 3.46. The molecule has 1 aromatic carbocycles. The summed E-state index contributed by atoms with van der Waals surface area (Å²) in [4.78, 5) is 14.4. The van der Waals surface area contributed by atoms with Gasteiger partial charge < -0.3 is 5.11 Å². The second-order valence-electron chi connectivity index (χ2n) is 10.0. The molecule has 1 N–H and O–H groups in total. The van der Waals surface area contributed by atoms with E-state index >= 15 is 0 Å². The highest BCUT2D eigenvalue weighted by molar-refractivity contribution is 6.00. The summed E-state index contributed by atoms with van der Waals surface area (Å²) in [5.74, 6) is 0.527. The summed E-state index contributed by atoms with van der Waals surface area (Å²) in [5, 5.41) is 16.7. The number of rotatable bonds is 4. The standard InChI is InChI=1S/C27H31FN6O/c1-19-15-21(17-22(28)16-19)27(33-13-6-23(7-14-33)32-12-8-24(35)18-32)26(20-4-10-29-11-5-20)34-25(31-27)3-2-9-30-34/h2-5,9-11,15-17,23-24,26,35H,6-8,12-14,18H2,1H3. The van der Waals surface area contributed by atoms with Crippen LogP contribution in [0.1, 0.15) is 42.0 Å². The molecule has 0 aliphatic carbocycles. The Hall–Kier alpha value is -2.94. The molecule has 4 aliphatic heterocycles. The summed E-state index contributed by atoms with van der Waals surface area (Å²) in [6.07, 6.45) is 11.9. The number of halogens is 1. The minimum atomic E-state index is -0.828. The van der Waals surface area contributed by atoms with Gasteiger partial charge in [0.2, 0.25) is 0 Å². The molecule has 2 aromatic rings. The number of fused-ring (bicyclic) bond motifs is 1. The third kappa shape index (κ3) is 3.90. The van der Waals surface area contributed by atoms with Crippen LogP contribution in [0.3, 0.4) is 0 Å². The van der Waals surface area contributed by atoms with Crippen molar-refractivity contribution in [3.05, 3.63) is 77.4 Å². The Morgan fingerprint density at radius 1 is 1.06 bits per heavy atom. The summed E-state index contributed by atoms with van der Waals surface area (Å²) < 4.78 is 14.9. The molecule has 0 saturated carbocycles. The van der Waals surface area contributed by atoms with E-state index < -0.39 is 5.66 Å². The van der Waals surface area contributed by atoms with Gasteiger partial charge in [-0.1, -0.05) is 6.07 Å². The number of aryl methyl sites for hydroxylation is 1. The third-order valence-electron chi connectivity index (χ3n) is 7.81. The number of likely N-dealkylation sites (tertiary alicyclic amines) is 2. The molecule has 0 amide bonds. The number of benzene rings is 1. The fourth-order valence-electron chi connectivity index (χ4n) is 6.26. The first kappa shape index (κ1) is 22.5. The van der Waals surface area contributed by atoms with E-state index in [9.17, 15) is 9.50 Å². The molecule has 8 heteroatoms. The summed E-state index contributed by atoms with van der Waals surface area (Å²) in [6, 6.07) is 9.48. The van der Waals surface area contributed by atoms with Crippen molar-refractivity contribution >= 4 is 12.1 Å². The molecule has 35 heavy (non-hydrogen) atoms. The van der Waals surface area contributed by atoms with Crippen molar-refractivity contribution in [2.45, 2.75) is 50.0 Å². The van der Waals surface area contributed by atoms with Crippen LogP contribution in [0.15, 0.2) is 65.0 Å². The van der Waals surface area contributed by atoms with Crippen LogP contribution in [0.25, 0.3) is 0 Å². The minimum absolute atomic E-state index is 0.215. The highest BCUT2D eigenvalue weighted by Crippen LogP contribution is 2.51. The average molecular weight is 475 g/mol. The number of pyridine rings is 1. The molecule has 7 nitrogen and oxygen atoms in total. The fraction of sp³-hybridized carbons (Fsp3) is 0.444. The van der Waals surface area contributed by atoms with Crippen molar-refractivity contribution in [3.63, 3.8) is 0 Å². The smallest absolute Gasteiger partial charge is 0.168 e. The van der Waals surface area contributed by atoms with Gasteiger partial charge in [0.15, 0.2) is 5.66 Å². The second-order valence-corrected chi connectivity index (χ2v) is 10.0. The van der Waals surface area contributed by atoms with E-state index in [1.807, 2.05) is 36.2 Å². The van der Waals surface area contributed by atoms with Crippen LogP contribution in [0.4, 0.5) is 4.39 Å². The van der Waals surface area contributed by atoms with Gasteiger partial charge in [0.25, 0.3) is 0 Å². The lowest BCUT2D eigenvalue weighted by molar-refractivity contribution is 0.00117. The van der Waals surface area contributed by atoms with Crippen LogP contribution in [-0.4, -0.2) is 75.3 Å². The SMILES string of the molecule is Cc1cc(F)cc(C2(N3CCC(N4CCC(O)C4)CC3)N=C3C=CC=NN3C2c2ccncc2)c1. The molecule has 4 aliphatic rings. The second kappa shape index (κ2) is 8.93. The van der Waals surface area contributed by atoms with Crippen LogP contribution in [0.2, 0.25) is 0 Å². The van der Waals surface area contributed by atoms with E-state index in [1.165, 1.54) is 0 Å². The number of hydrazone groups is 1. The van der Waals surface area contributed by atoms with E-state index in [-0.39, 0.29) is 18.0 Å². The van der Waals surface area contributed by atoms with Crippen molar-refractivity contribution in [1.82, 2.24) is 19.8 Å². The monoisotopic (exact) mass is 474 g/mol. The molecule has 2 fully saturated rings. The van der Waals surface area contributed by atoms with Crippen LogP contribution in [0.5, 0.6) is 0 Å². The number of aliphatic imine (C=N–C) groups is 1. The van der Waals surface area contributed by atoms with Crippen molar-refractivity contribution < 1.29 is 9.50 Å². The number of amidine groups is 1.